The molecule has 0 spiro atoms. The molecule has 2 aromatic rings. The number of hydrogen-bond donors (Lipinski definition) is 1. The zero-order valence-corrected chi connectivity index (χ0v) is 13.5. The van der Waals surface area contributed by atoms with Gasteiger partial charge in [0.1, 0.15) is 5.76 Å². The number of methoxy groups -OCH3 is 1. The van der Waals surface area contributed by atoms with E-state index >= 15 is 0 Å². The predicted molar refractivity (Wildman–Crippen MR) is 91.5 cm³/mol. The molecule has 0 saturated carbocycles. The first-order chi connectivity index (χ1) is 11.7. The van der Waals surface area contributed by atoms with Crippen LogP contribution in [-0.4, -0.2) is 19.0 Å². The second-order valence-electron chi connectivity index (χ2n) is 5.36. The molecule has 5 heteroatoms. The second kappa shape index (κ2) is 7.00. The molecule has 1 atom stereocenters. The van der Waals surface area contributed by atoms with Crippen LogP contribution < -0.4 is 5.43 Å². The molecular weight excluding hydrogens is 304 g/mol. The monoisotopic (exact) mass is 322 g/mol. The first-order valence-electron chi connectivity index (χ1n) is 7.61. The lowest BCUT2D eigenvalue weighted by Crippen LogP contribution is -2.29. The smallest absolute Gasteiger partial charge is 0.437 e. The zero-order valence-electron chi connectivity index (χ0n) is 13.5. The molecule has 0 aliphatic carbocycles. The van der Waals surface area contributed by atoms with E-state index < -0.39 is 6.16 Å². The van der Waals surface area contributed by atoms with E-state index in [1.807, 2.05) is 67.6 Å². The van der Waals surface area contributed by atoms with Crippen molar-refractivity contribution in [3.8, 4) is 0 Å². The van der Waals surface area contributed by atoms with Gasteiger partial charge in [-0.1, -0.05) is 60.7 Å². The Balaban J connectivity index is 2.08. The number of rotatable bonds is 3. The summed E-state index contributed by atoms with van der Waals surface area (Å²) in [6.07, 6.45) is -0.749. The van der Waals surface area contributed by atoms with Crippen LogP contribution >= 0.6 is 0 Å². The average Bonchev–Trinajstić information content (AvgIpc) is 2.64. The van der Waals surface area contributed by atoms with Crippen molar-refractivity contribution in [3.63, 3.8) is 0 Å². The number of carbonyl (C=O) groups excluding carboxylic acids is 1. The summed E-state index contributed by atoms with van der Waals surface area (Å²) in [5.74, 6) is 0.191. The topological polar surface area (TPSA) is 59.9 Å². The fraction of sp³-hybridized carbons (Fsp3) is 0.158. The molecule has 2 aromatic carbocycles. The number of nitrogens with zero attached hydrogens (tertiary/aromatic N) is 1. The summed E-state index contributed by atoms with van der Waals surface area (Å²) in [6.45, 7) is 1.82. The highest BCUT2D eigenvalue weighted by atomic mass is 16.7. The van der Waals surface area contributed by atoms with Crippen LogP contribution in [0.2, 0.25) is 0 Å². The summed E-state index contributed by atoms with van der Waals surface area (Å²) in [7, 11) is 1.29. The quantitative estimate of drug-likeness (QED) is 0.873. The van der Waals surface area contributed by atoms with Crippen LogP contribution in [0.5, 0.6) is 0 Å². The number of benzene rings is 2. The maximum absolute atomic E-state index is 11.7. The molecule has 1 aliphatic heterocycles. The lowest BCUT2D eigenvalue weighted by atomic mass is 9.87. The number of carbonyl (C=O) groups is 1. The number of ether oxygens (including phenoxy) is 2. The van der Waals surface area contributed by atoms with Crippen LogP contribution in [0.4, 0.5) is 4.79 Å². The molecule has 1 unspecified atom stereocenters. The van der Waals surface area contributed by atoms with Gasteiger partial charge in [0.2, 0.25) is 0 Å². The Morgan fingerprint density at radius 3 is 2.29 bits per heavy atom. The van der Waals surface area contributed by atoms with Crippen LogP contribution in [0.3, 0.4) is 0 Å². The minimum Gasteiger partial charge on any atom is -0.437 e. The van der Waals surface area contributed by atoms with Gasteiger partial charge >= 0.3 is 6.16 Å². The molecule has 0 saturated heterocycles. The van der Waals surface area contributed by atoms with E-state index in [9.17, 15) is 4.79 Å². The SMILES string of the molecule is COC(=O)OC1=C(C)NN=C(c2ccccc2)C1c1ccccc1. The molecule has 3 rings (SSSR count). The van der Waals surface area contributed by atoms with Gasteiger partial charge in [-0.2, -0.15) is 5.10 Å². The standard InChI is InChI=1S/C19H18N2O3/c1-13-18(24-19(22)23-2)16(14-9-5-3-6-10-14)17(21-20-13)15-11-7-4-8-12-15/h3-12,16,20H,1-2H3. The first kappa shape index (κ1) is 15.8. The van der Waals surface area contributed by atoms with Crippen molar-refractivity contribution in [1.82, 2.24) is 5.43 Å². The molecule has 0 amide bonds. The van der Waals surface area contributed by atoms with Crippen molar-refractivity contribution in [2.45, 2.75) is 12.8 Å². The summed E-state index contributed by atoms with van der Waals surface area (Å²) in [5.41, 5.74) is 6.35. The third-order valence-corrected chi connectivity index (χ3v) is 3.81. The Morgan fingerprint density at radius 1 is 1.04 bits per heavy atom. The molecule has 1 N–H and O–H groups in total. The third kappa shape index (κ3) is 3.15. The lowest BCUT2D eigenvalue weighted by Gasteiger charge is -2.27. The van der Waals surface area contributed by atoms with Gasteiger partial charge in [0.05, 0.1) is 24.4 Å². The third-order valence-electron chi connectivity index (χ3n) is 3.81. The predicted octanol–water partition coefficient (Wildman–Crippen LogP) is 3.79. The molecule has 122 valence electrons. The largest absolute Gasteiger partial charge is 0.513 e. The van der Waals surface area contributed by atoms with Gasteiger partial charge in [-0.05, 0) is 18.1 Å². The van der Waals surface area contributed by atoms with Crippen LogP contribution in [0.1, 0.15) is 24.0 Å². The van der Waals surface area contributed by atoms with Gasteiger partial charge < -0.3 is 9.47 Å². The molecule has 0 radical (unpaired) electrons. The zero-order chi connectivity index (χ0) is 16.9. The van der Waals surface area contributed by atoms with Crippen LogP contribution in [0, 0.1) is 0 Å². The van der Waals surface area contributed by atoms with Gasteiger partial charge in [-0.25, -0.2) is 4.79 Å². The molecule has 0 aromatic heterocycles. The van der Waals surface area contributed by atoms with E-state index in [4.69, 9.17) is 4.74 Å². The molecule has 0 fully saturated rings. The van der Waals surface area contributed by atoms with Gasteiger partial charge in [-0.3, -0.25) is 5.43 Å². The van der Waals surface area contributed by atoms with E-state index in [2.05, 4.69) is 15.3 Å². The van der Waals surface area contributed by atoms with Crippen molar-refractivity contribution in [2.75, 3.05) is 7.11 Å². The summed E-state index contributed by atoms with van der Waals surface area (Å²) in [6, 6.07) is 19.6. The Bertz CT molecular complexity index is 783. The van der Waals surface area contributed by atoms with Crippen molar-refractivity contribution in [1.29, 1.82) is 0 Å². The maximum atomic E-state index is 11.7. The summed E-state index contributed by atoms with van der Waals surface area (Å²) in [5, 5.41) is 4.50. The summed E-state index contributed by atoms with van der Waals surface area (Å²) >= 11 is 0. The summed E-state index contributed by atoms with van der Waals surface area (Å²) in [4.78, 5) is 11.7. The molecule has 24 heavy (non-hydrogen) atoms. The Hall–Kier alpha value is -3.08. The highest BCUT2D eigenvalue weighted by Crippen LogP contribution is 2.33. The van der Waals surface area contributed by atoms with Gasteiger partial charge in [0.25, 0.3) is 0 Å². The van der Waals surface area contributed by atoms with Crippen LogP contribution in [0.25, 0.3) is 0 Å². The van der Waals surface area contributed by atoms with E-state index in [1.54, 1.807) is 0 Å². The number of hydrogen-bond acceptors (Lipinski definition) is 5. The second-order valence-corrected chi connectivity index (χ2v) is 5.36. The van der Waals surface area contributed by atoms with Crippen LogP contribution in [0.15, 0.2) is 77.2 Å². The average molecular weight is 322 g/mol. The first-order valence-corrected chi connectivity index (χ1v) is 7.61. The minimum atomic E-state index is -0.749. The Morgan fingerprint density at radius 2 is 1.67 bits per heavy atom. The van der Waals surface area contributed by atoms with Crippen molar-refractivity contribution in [2.24, 2.45) is 5.10 Å². The summed E-state index contributed by atoms with van der Waals surface area (Å²) < 4.78 is 10.1. The molecule has 1 heterocycles. The van der Waals surface area contributed by atoms with Gasteiger partial charge in [-0.15, -0.1) is 0 Å². The van der Waals surface area contributed by atoms with Crippen LogP contribution in [-0.2, 0) is 9.47 Å². The van der Waals surface area contributed by atoms with E-state index in [0.29, 0.717) is 11.5 Å². The van der Waals surface area contributed by atoms with Crippen molar-refractivity contribution < 1.29 is 14.3 Å². The fourth-order valence-corrected chi connectivity index (χ4v) is 2.67. The highest BCUT2D eigenvalue weighted by Gasteiger charge is 2.32. The Labute approximate surface area is 140 Å². The van der Waals surface area contributed by atoms with E-state index in [-0.39, 0.29) is 5.92 Å². The molecule has 1 aliphatic rings. The number of nitrogens with one attached hydrogen (secondary N) is 1. The number of hydrazone groups is 1. The highest BCUT2D eigenvalue weighted by molar-refractivity contribution is 6.07. The molecule has 5 nitrogen and oxygen atoms in total. The molecular formula is C19H18N2O3. The lowest BCUT2D eigenvalue weighted by molar-refractivity contribution is 0.0931. The normalized spacial score (nSPS) is 16.9. The van der Waals surface area contributed by atoms with Crippen molar-refractivity contribution in [3.05, 3.63) is 83.2 Å². The Kier molecular flexibility index (Phi) is 4.61. The fourth-order valence-electron chi connectivity index (χ4n) is 2.67. The maximum Gasteiger partial charge on any atom is 0.513 e. The van der Waals surface area contributed by atoms with Crippen molar-refractivity contribution >= 4 is 11.9 Å². The van der Waals surface area contributed by atoms with Gasteiger partial charge in [0, 0.05) is 0 Å². The van der Waals surface area contributed by atoms with E-state index in [0.717, 1.165) is 16.8 Å². The molecule has 0 bridgehead atoms. The number of allylic oxidation sites excluding steroid dienone is 2. The minimum absolute atomic E-state index is 0.297. The van der Waals surface area contributed by atoms with E-state index in [1.165, 1.54) is 7.11 Å². The van der Waals surface area contributed by atoms with Gasteiger partial charge in [0.15, 0.2) is 0 Å².